The molecule has 0 saturated heterocycles. The Hall–Kier alpha value is -0.830. The molecule has 0 aliphatic rings. The molecule has 0 aliphatic carbocycles. The van der Waals surface area contributed by atoms with Crippen LogP contribution in [0.15, 0.2) is 12.7 Å². The first-order valence-corrected chi connectivity index (χ1v) is 3.77. The molecule has 0 radical (unpaired) electrons. The SMILES string of the molecule is C=CCN(C)C(=O)CCCN. The van der Waals surface area contributed by atoms with E-state index in [2.05, 4.69) is 6.58 Å². The molecule has 0 aromatic rings. The monoisotopic (exact) mass is 156 g/mol. The third kappa shape index (κ3) is 4.56. The molecule has 3 heteroatoms. The summed E-state index contributed by atoms with van der Waals surface area (Å²) < 4.78 is 0. The minimum absolute atomic E-state index is 0.135. The van der Waals surface area contributed by atoms with Crippen LogP contribution in [-0.4, -0.2) is 30.9 Å². The number of carbonyl (C=O) groups is 1. The zero-order valence-electron chi connectivity index (χ0n) is 7.05. The van der Waals surface area contributed by atoms with Gasteiger partial charge in [-0.15, -0.1) is 6.58 Å². The van der Waals surface area contributed by atoms with E-state index in [1.54, 1.807) is 18.0 Å². The Kier molecular flexibility index (Phi) is 5.47. The lowest BCUT2D eigenvalue weighted by Gasteiger charge is -2.13. The zero-order valence-corrected chi connectivity index (χ0v) is 7.05. The molecular formula is C8H16N2O. The van der Waals surface area contributed by atoms with Crippen LogP contribution in [0.2, 0.25) is 0 Å². The maximum atomic E-state index is 11.1. The summed E-state index contributed by atoms with van der Waals surface area (Å²) in [5.74, 6) is 0.135. The lowest BCUT2D eigenvalue weighted by atomic mass is 10.3. The minimum atomic E-state index is 0.135. The summed E-state index contributed by atoms with van der Waals surface area (Å²) >= 11 is 0. The average Bonchev–Trinajstić information content (AvgIpc) is 2.00. The highest BCUT2D eigenvalue weighted by atomic mass is 16.2. The number of rotatable bonds is 5. The van der Waals surface area contributed by atoms with E-state index < -0.39 is 0 Å². The molecular weight excluding hydrogens is 140 g/mol. The van der Waals surface area contributed by atoms with E-state index in [1.165, 1.54) is 0 Å². The van der Waals surface area contributed by atoms with E-state index in [9.17, 15) is 4.79 Å². The number of hydrogen-bond donors (Lipinski definition) is 1. The van der Waals surface area contributed by atoms with Crippen LogP contribution in [-0.2, 0) is 4.79 Å². The van der Waals surface area contributed by atoms with Gasteiger partial charge in [0.05, 0.1) is 0 Å². The van der Waals surface area contributed by atoms with E-state index in [0.717, 1.165) is 6.42 Å². The van der Waals surface area contributed by atoms with Gasteiger partial charge >= 0.3 is 0 Å². The Balaban J connectivity index is 3.54. The standard InChI is InChI=1S/C8H16N2O/c1-3-7-10(2)8(11)5-4-6-9/h3H,1,4-7,9H2,2H3. The predicted molar refractivity (Wildman–Crippen MR) is 46.1 cm³/mol. The first kappa shape index (κ1) is 10.2. The number of hydrogen-bond acceptors (Lipinski definition) is 2. The van der Waals surface area contributed by atoms with E-state index >= 15 is 0 Å². The van der Waals surface area contributed by atoms with Crippen molar-refractivity contribution in [1.29, 1.82) is 0 Å². The van der Waals surface area contributed by atoms with Crippen LogP contribution in [0.4, 0.5) is 0 Å². The number of carbonyl (C=O) groups excluding carboxylic acids is 1. The van der Waals surface area contributed by atoms with E-state index in [-0.39, 0.29) is 5.91 Å². The molecule has 0 aromatic heterocycles. The third-order valence-electron chi connectivity index (χ3n) is 1.42. The molecule has 3 nitrogen and oxygen atoms in total. The summed E-state index contributed by atoms with van der Waals surface area (Å²) in [7, 11) is 1.76. The van der Waals surface area contributed by atoms with Gasteiger partial charge in [-0.25, -0.2) is 0 Å². The number of amides is 1. The second kappa shape index (κ2) is 5.92. The fourth-order valence-electron chi connectivity index (χ4n) is 0.740. The van der Waals surface area contributed by atoms with Gasteiger partial charge in [0.2, 0.25) is 5.91 Å². The quantitative estimate of drug-likeness (QED) is 0.584. The molecule has 0 unspecified atom stereocenters. The lowest BCUT2D eigenvalue weighted by molar-refractivity contribution is -0.129. The topological polar surface area (TPSA) is 46.3 Å². The summed E-state index contributed by atoms with van der Waals surface area (Å²) in [5.41, 5.74) is 5.26. The number of nitrogens with two attached hydrogens (primary N) is 1. The van der Waals surface area contributed by atoms with Gasteiger partial charge < -0.3 is 10.6 Å². The molecule has 11 heavy (non-hydrogen) atoms. The Morgan fingerprint density at radius 3 is 2.82 bits per heavy atom. The molecule has 1 amide bonds. The van der Waals surface area contributed by atoms with Gasteiger partial charge in [0.1, 0.15) is 0 Å². The molecule has 0 atom stereocenters. The molecule has 0 aromatic carbocycles. The highest BCUT2D eigenvalue weighted by Crippen LogP contribution is 1.93. The fraction of sp³-hybridized carbons (Fsp3) is 0.625. The van der Waals surface area contributed by atoms with Crippen LogP contribution in [0.3, 0.4) is 0 Å². The normalized spacial score (nSPS) is 9.27. The summed E-state index contributed by atoms with van der Waals surface area (Å²) in [6.45, 7) is 4.74. The van der Waals surface area contributed by atoms with Crippen LogP contribution >= 0.6 is 0 Å². The molecule has 0 fully saturated rings. The van der Waals surface area contributed by atoms with Gasteiger partial charge in [-0.3, -0.25) is 4.79 Å². The van der Waals surface area contributed by atoms with Crippen molar-refractivity contribution < 1.29 is 4.79 Å². The van der Waals surface area contributed by atoms with Crippen molar-refractivity contribution in [3.8, 4) is 0 Å². The van der Waals surface area contributed by atoms with E-state index in [1.807, 2.05) is 0 Å². The zero-order chi connectivity index (χ0) is 8.69. The van der Waals surface area contributed by atoms with Gasteiger partial charge in [-0.2, -0.15) is 0 Å². The Bertz CT molecular complexity index is 134. The lowest BCUT2D eigenvalue weighted by Crippen LogP contribution is -2.26. The van der Waals surface area contributed by atoms with Crippen molar-refractivity contribution in [2.75, 3.05) is 20.1 Å². The maximum Gasteiger partial charge on any atom is 0.222 e. The molecule has 2 N–H and O–H groups in total. The van der Waals surface area contributed by atoms with E-state index in [0.29, 0.717) is 19.5 Å². The molecule has 0 rings (SSSR count). The summed E-state index contributed by atoms with van der Waals surface area (Å²) in [6, 6.07) is 0. The molecule has 0 aliphatic heterocycles. The Morgan fingerprint density at radius 2 is 2.36 bits per heavy atom. The van der Waals surface area contributed by atoms with E-state index in [4.69, 9.17) is 5.73 Å². The third-order valence-corrected chi connectivity index (χ3v) is 1.42. The average molecular weight is 156 g/mol. The van der Waals surface area contributed by atoms with Gasteiger partial charge in [-0.1, -0.05) is 6.08 Å². The van der Waals surface area contributed by atoms with Gasteiger partial charge in [-0.05, 0) is 13.0 Å². The predicted octanol–water partition coefficient (Wildman–Crippen LogP) is 0.370. The van der Waals surface area contributed by atoms with Crippen molar-refractivity contribution in [2.24, 2.45) is 5.73 Å². The van der Waals surface area contributed by atoms with Crippen LogP contribution in [0, 0.1) is 0 Å². The van der Waals surface area contributed by atoms with Crippen LogP contribution in [0.5, 0.6) is 0 Å². The Morgan fingerprint density at radius 1 is 1.73 bits per heavy atom. The molecule has 0 bridgehead atoms. The smallest absolute Gasteiger partial charge is 0.222 e. The molecule has 64 valence electrons. The first-order chi connectivity index (χ1) is 5.22. The highest BCUT2D eigenvalue weighted by Gasteiger charge is 2.04. The Labute approximate surface area is 67.9 Å². The van der Waals surface area contributed by atoms with Crippen molar-refractivity contribution >= 4 is 5.91 Å². The van der Waals surface area contributed by atoms with Crippen molar-refractivity contribution in [2.45, 2.75) is 12.8 Å². The highest BCUT2D eigenvalue weighted by molar-refractivity contribution is 5.75. The second-order valence-corrected chi connectivity index (χ2v) is 2.46. The molecule has 0 saturated carbocycles. The summed E-state index contributed by atoms with van der Waals surface area (Å²) in [4.78, 5) is 12.8. The second-order valence-electron chi connectivity index (χ2n) is 2.46. The molecule has 0 spiro atoms. The fourth-order valence-corrected chi connectivity index (χ4v) is 0.740. The van der Waals surface area contributed by atoms with Gasteiger partial charge in [0, 0.05) is 20.0 Å². The van der Waals surface area contributed by atoms with Crippen LogP contribution in [0.1, 0.15) is 12.8 Å². The first-order valence-electron chi connectivity index (χ1n) is 3.77. The van der Waals surface area contributed by atoms with Crippen LogP contribution < -0.4 is 5.73 Å². The van der Waals surface area contributed by atoms with Crippen molar-refractivity contribution in [3.63, 3.8) is 0 Å². The van der Waals surface area contributed by atoms with Crippen molar-refractivity contribution in [3.05, 3.63) is 12.7 Å². The van der Waals surface area contributed by atoms with Gasteiger partial charge in [0.15, 0.2) is 0 Å². The molecule has 0 heterocycles. The van der Waals surface area contributed by atoms with Crippen molar-refractivity contribution in [1.82, 2.24) is 4.90 Å². The summed E-state index contributed by atoms with van der Waals surface area (Å²) in [6.07, 6.45) is 3.02. The summed E-state index contributed by atoms with van der Waals surface area (Å²) in [5, 5.41) is 0. The van der Waals surface area contributed by atoms with Crippen LogP contribution in [0.25, 0.3) is 0 Å². The maximum absolute atomic E-state index is 11.1. The minimum Gasteiger partial charge on any atom is -0.342 e. The number of likely N-dealkylation sites (N-methyl/N-ethyl adjacent to an activating group) is 1. The number of nitrogens with zero attached hydrogens (tertiary/aromatic N) is 1. The largest absolute Gasteiger partial charge is 0.342 e. The van der Waals surface area contributed by atoms with Gasteiger partial charge in [0.25, 0.3) is 0 Å².